The molecule has 0 aliphatic heterocycles. The number of methoxy groups -OCH3 is 1. The molecule has 0 aromatic heterocycles. The van der Waals surface area contributed by atoms with Crippen LogP contribution in [0.5, 0.6) is 5.75 Å². The molecule has 0 aliphatic carbocycles. The van der Waals surface area contributed by atoms with Crippen molar-refractivity contribution in [3.05, 3.63) is 23.5 Å². The van der Waals surface area contributed by atoms with Crippen molar-refractivity contribution in [3.63, 3.8) is 0 Å². The number of halogens is 1. The van der Waals surface area contributed by atoms with Crippen molar-refractivity contribution < 1.29 is 19.0 Å². The highest BCUT2D eigenvalue weighted by Crippen LogP contribution is 2.29. The van der Waals surface area contributed by atoms with Gasteiger partial charge in [-0.15, -0.1) is 0 Å². The number of carbonyl (C=O) groups excluding carboxylic acids is 1. The summed E-state index contributed by atoms with van der Waals surface area (Å²) in [5.41, 5.74) is 1.93. The molecule has 94 valence electrons. The van der Waals surface area contributed by atoms with Crippen LogP contribution in [0.15, 0.2) is 12.1 Å². The molecule has 1 aromatic rings. The molecule has 0 aliphatic rings. The number of nitrogens with two attached hydrogens (primary N) is 2. The van der Waals surface area contributed by atoms with Crippen molar-refractivity contribution in [2.75, 3.05) is 12.1 Å². The summed E-state index contributed by atoms with van der Waals surface area (Å²) >= 11 is 0. The second-order valence-electron chi connectivity index (χ2n) is 3.08. The Morgan fingerprint density at radius 3 is 2.76 bits per heavy atom. The first kappa shape index (κ1) is 13.2. The van der Waals surface area contributed by atoms with Crippen LogP contribution in [0.4, 0.5) is 14.9 Å². The summed E-state index contributed by atoms with van der Waals surface area (Å²) < 4.78 is 18.1. The van der Waals surface area contributed by atoms with Gasteiger partial charge in [-0.25, -0.2) is 25.9 Å². The molecule has 1 rings (SSSR count). The fraction of sp³-hybridized carbons (Fsp3) is 0.222. The van der Waals surface area contributed by atoms with E-state index < -0.39 is 18.5 Å². The van der Waals surface area contributed by atoms with E-state index in [9.17, 15) is 14.3 Å². The number of nitrogens with one attached hydrogen (secondary N) is 1. The fourth-order valence-electron chi connectivity index (χ4n) is 1.33. The van der Waals surface area contributed by atoms with Crippen LogP contribution in [0, 0.1) is 5.82 Å². The molecule has 1 aromatic carbocycles. The van der Waals surface area contributed by atoms with Gasteiger partial charge in [-0.2, -0.15) is 0 Å². The number of hydrazine groups is 2. The minimum absolute atomic E-state index is 0.0349. The average Bonchev–Trinajstić information content (AvgIpc) is 2.35. The van der Waals surface area contributed by atoms with Crippen LogP contribution in [0.2, 0.25) is 0 Å². The minimum atomic E-state index is -0.854. The van der Waals surface area contributed by atoms with Gasteiger partial charge in [0.25, 0.3) is 0 Å². The van der Waals surface area contributed by atoms with E-state index in [0.717, 1.165) is 12.1 Å². The van der Waals surface area contributed by atoms with Crippen LogP contribution in [0.25, 0.3) is 0 Å². The number of benzene rings is 1. The van der Waals surface area contributed by atoms with Crippen molar-refractivity contribution in [2.24, 2.45) is 11.7 Å². The Bertz CT molecular complexity index is 427. The van der Waals surface area contributed by atoms with Crippen LogP contribution in [0.1, 0.15) is 5.56 Å². The Balaban J connectivity index is 3.30. The number of hydrogen-bond donors (Lipinski definition) is 4. The van der Waals surface area contributed by atoms with Gasteiger partial charge < -0.3 is 9.84 Å². The zero-order valence-electron chi connectivity index (χ0n) is 9.11. The summed E-state index contributed by atoms with van der Waals surface area (Å²) in [6, 6.07) is 1.21. The Labute approximate surface area is 96.7 Å². The largest absolute Gasteiger partial charge is 0.496 e. The molecule has 6 N–H and O–H groups in total. The zero-order valence-corrected chi connectivity index (χ0v) is 9.11. The molecule has 2 amide bonds. The van der Waals surface area contributed by atoms with Crippen molar-refractivity contribution in [1.82, 2.24) is 5.43 Å². The van der Waals surface area contributed by atoms with Gasteiger partial charge in [-0.1, -0.05) is 0 Å². The summed E-state index contributed by atoms with van der Waals surface area (Å²) in [5.74, 6) is 9.76. The summed E-state index contributed by atoms with van der Waals surface area (Å²) in [5, 5.41) is 9.76. The van der Waals surface area contributed by atoms with Gasteiger partial charge in [0.1, 0.15) is 11.6 Å². The van der Waals surface area contributed by atoms with Crippen LogP contribution >= 0.6 is 0 Å². The molecule has 0 fully saturated rings. The third-order valence-electron chi connectivity index (χ3n) is 2.13. The number of ether oxygens (including phenoxy) is 1. The van der Waals surface area contributed by atoms with Crippen LogP contribution < -0.4 is 26.9 Å². The lowest BCUT2D eigenvalue weighted by Crippen LogP contribution is -2.48. The van der Waals surface area contributed by atoms with Gasteiger partial charge >= 0.3 is 6.03 Å². The van der Waals surface area contributed by atoms with E-state index in [1.54, 1.807) is 5.43 Å². The van der Waals surface area contributed by atoms with E-state index in [4.69, 9.17) is 16.4 Å². The van der Waals surface area contributed by atoms with Crippen molar-refractivity contribution in [1.29, 1.82) is 0 Å². The first-order valence-electron chi connectivity index (χ1n) is 4.57. The Kier molecular flexibility index (Phi) is 4.21. The molecule has 7 nitrogen and oxygen atoms in total. The SMILES string of the molecule is COc1cc(F)cc(N(N)C(=O)NN)c1CO. The van der Waals surface area contributed by atoms with Crippen molar-refractivity contribution >= 4 is 11.7 Å². The lowest BCUT2D eigenvalue weighted by Gasteiger charge is -2.20. The Hall–Kier alpha value is -1.90. The summed E-state index contributed by atoms with van der Waals surface area (Å²) in [4.78, 5) is 11.2. The Morgan fingerprint density at radius 2 is 2.29 bits per heavy atom. The van der Waals surface area contributed by atoms with Crippen molar-refractivity contribution in [2.45, 2.75) is 6.61 Å². The maximum Gasteiger partial charge on any atom is 0.350 e. The third-order valence-corrected chi connectivity index (χ3v) is 2.13. The number of amides is 2. The molecule has 0 spiro atoms. The van der Waals surface area contributed by atoms with Crippen molar-refractivity contribution in [3.8, 4) is 5.75 Å². The highest BCUT2D eigenvalue weighted by Gasteiger charge is 2.19. The molecule has 0 saturated carbocycles. The maximum absolute atomic E-state index is 13.3. The van der Waals surface area contributed by atoms with Crippen LogP contribution in [-0.2, 0) is 6.61 Å². The second kappa shape index (κ2) is 5.43. The van der Waals surface area contributed by atoms with Gasteiger partial charge in [-0.05, 0) is 6.07 Å². The normalized spacial score (nSPS) is 9.94. The smallest absolute Gasteiger partial charge is 0.350 e. The van der Waals surface area contributed by atoms with E-state index in [-0.39, 0.29) is 17.0 Å². The lowest BCUT2D eigenvalue weighted by atomic mass is 10.1. The predicted molar refractivity (Wildman–Crippen MR) is 58.3 cm³/mol. The average molecular weight is 244 g/mol. The number of aliphatic hydroxyl groups excluding tert-OH is 1. The van der Waals surface area contributed by atoms with Crippen LogP contribution in [0.3, 0.4) is 0 Å². The first-order chi connectivity index (χ1) is 8.04. The number of nitrogens with zero attached hydrogens (tertiary/aromatic N) is 1. The molecule has 0 saturated heterocycles. The minimum Gasteiger partial charge on any atom is -0.496 e. The van der Waals surface area contributed by atoms with Gasteiger partial charge in [0.05, 0.1) is 19.4 Å². The zero-order chi connectivity index (χ0) is 13.0. The number of carbonyl (C=O) groups is 1. The van der Waals surface area contributed by atoms with E-state index in [1.807, 2.05) is 0 Å². The lowest BCUT2D eigenvalue weighted by molar-refractivity contribution is 0.246. The fourth-order valence-corrected chi connectivity index (χ4v) is 1.33. The molecular formula is C9H13FN4O3. The van der Waals surface area contributed by atoms with E-state index in [0.29, 0.717) is 5.01 Å². The monoisotopic (exact) mass is 244 g/mol. The second-order valence-corrected chi connectivity index (χ2v) is 3.08. The summed E-state index contributed by atoms with van der Waals surface area (Å²) in [6.07, 6.45) is 0. The number of anilines is 1. The van der Waals surface area contributed by atoms with Crippen LogP contribution in [-0.4, -0.2) is 18.2 Å². The molecule has 0 unspecified atom stereocenters. The first-order valence-corrected chi connectivity index (χ1v) is 4.57. The highest BCUT2D eigenvalue weighted by atomic mass is 19.1. The highest BCUT2D eigenvalue weighted by molar-refractivity contribution is 5.91. The number of hydrogen-bond acceptors (Lipinski definition) is 5. The van der Waals surface area contributed by atoms with Gasteiger partial charge in [0.15, 0.2) is 0 Å². The number of rotatable bonds is 3. The number of aliphatic hydroxyl groups is 1. The molecule has 0 bridgehead atoms. The van der Waals surface area contributed by atoms with E-state index >= 15 is 0 Å². The summed E-state index contributed by atoms with van der Waals surface area (Å²) in [6.45, 7) is -0.468. The van der Waals surface area contributed by atoms with E-state index in [1.165, 1.54) is 7.11 Å². The number of urea groups is 1. The standard InChI is InChI=1S/C9H13FN4O3/c1-17-8-3-5(10)2-7(6(8)4-15)14(12)9(16)13-11/h2-3,15H,4,11-12H2,1H3,(H,13,16). The van der Waals surface area contributed by atoms with Gasteiger partial charge in [-0.3, -0.25) is 5.43 Å². The quantitative estimate of drug-likeness (QED) is 0.328. The maximum atomic E-state index is 13.3. The Morgan fingerprint density at radius 1 is 1.65 bits per heavy atom. The molecule has 8 heteroatoms. The third kappa shape index (κ3) is 2.61. The molecular weight excluding hydrogens is 231 g/mol. The molecule has 17 heavy (non-hydrogen) atoms. The molecule has 0 heterocycles. The summed E-state index contributed by atoms with van der Waals surface area (Å²) in [7, 11) is 1.31. The van der Waals surface area contributed by atoms with Gasteiger partial charge in [0, 0.05) is 11.6 Å². The molecule has 0 radical (unpaired) electrons. The predicted octanol–water partition coefficient (Wildman–Crippen LogP) is -0.410. The van der Waals surface area contributed by atoms with Gasteiger partial charge in [0.2, 0.25) is 0 Å². The molecule has 0 atom stereocenters. The van der Waals surface area contributed by atoms with E-state index in [2.05, 4.69) is 0 Å². The topological polar surface area (TPSA) is 114 Å².